The van der Waals surface area contributed by atoms with Gasteiger partial charge in [0.2, 0.25) is 6.34 Å². The van der Waals surface area contributed by atoms with E-state index in [-0.39, 0.29) is 6.04 Å². The zero-order valence-electron chi connectivity index (χ0n) is 6.25. The summed E-state index contributed by atoms with van der Waals surface area (Å²) < 4.78 is 1.13. The van der Waals surface area contributed by atoms with Crippen LogP contribution < -0.4 is 10.3 Å². The molecule has 0 bridgehead atoms. The summed E-state index contributed by atoms with van der Waals surface area (Å²) in [6.45, 7) is 0. The van der Waals surface area contributed by atoms with Gasteiger partial charge < -0.3 is 0 Å². The Morgan fingerprint density at radius 3 is 3.17 bits per heavy atom. The van der Waals surface area contributed by atoms with Gasteiger partial charge in [-0.25, -0.2) is 0 Å². The smallest absolute Gasteiger partial charge is 0.235 e. The molecular formula is C8H8BrN2S+. The Bertz CT molecular complexity index is 316. The van der Waals surface area contributed by atoms with E-state index in [0.717, 1.165) is 4.48 Å². The van der Waals surface area contributed by atoms with Crippen molar-refractivity contribution in [1.82, 2.24) is 5.32 Å². The molecule has 2 N–H and O–H groups in total. The van der Waals surface area contributed by atoms with Crippen LogP contribution in [-0.4, -0.2) is 6.34 Å². The average molecular weight is 244 g/mol. The van der Waals surface area contributed by atoms with Crippen molar-refractivity contribution in [3.05, 3.63) is 33.1 Å². The monoisotopic (exact) mass is 243 g/mol. The van der Waals surface area contributed by atoms with Crippen LogP contribution in [0.1, 0.15) is 10.9 Å². The predicted octanol–water partition coefficient (Wildman–Crippen LogP) is 0.738. The molecule has 2 nitrogen and oxygen atoms in total. The molecule has 12 heavy (non-hydrogen) atoms. The fourth-order valence-corrected chi connectivity index (χ4v) is 2.55. The van der Waals surface area contributed by atoms with E-state index in [0.29, 0.717) is 0 Å². The van der Waals surface area contributed by atoms with Gasteiger partial charge in [0.15, 0.2) is 6.04 Å². The molecule has 0 fully saturated rings. The van der Waals surface area contributed by atoms with Gasteiger partial charge in [0.25, 0.3) is 0 Å². The highest BCUT2D eigenvalue weighted by molar-refractivity contribution is 9.11. The highest BCUT2D eigenvalue weighted by Crippen LogP contribution is 2.25. The van der Waals surface area contributed by atoms with Crippen molar-refractivity contribution in [3.8, 4) is 0 Å². The number of nitrogens with one attached hydrogen (secondary N) is 2. The van der Waals surface area contributed by atoms with Crippen LogP contribution in [0.3, 0.4) is 0 Å². The van der Waals surface area contributed by atoms with E-state index in [4.69, 9.17) is 0 Å². The second-order valence-corrected chi connectivity index (χ2v) is 4.35. The SMILES string of the molecule is BrC1=CNC=[NH+]C1c1cccs1. The molecule has 62 valence electrons. The van der Waals surface area contributed by atoms with Gasteiger partial charge in [0.05, 0.1) is 9.36 Å². The molecule has 1 aliphatic rings. The minimum atomic E-state index is 0.284. The molecule has 0 radical (unpaired) electrons. The number of hydrogen-bond acceptors (Lipinski definition) is 2. The molecule has 2 heterocycles. The van der Waals surface area contributed by atoms with Gasteiger partial charge in [-0.2, -0.15) is 0 Å². The molecule has 0 amide bonds. The van der Waals surface area contributed by atoms with Gasteiger partial charge in [-0.15, -0.1) is 11.3 Å². The third-order valence-corrected chi connectivity index (χ3v) is 3.28. The molecule has 1 atom stereocenters. The zero-order valence-corrected chi connectivity index (χ0v) is 8.65. The van der Waals surface area contributed by atoms with Crippen LogP contribution in [0.15, 0.2) is 28.2 Å². The summed E-state index contributed by atoms with van der Waals surface area (Å²) in [5.41, 5.74) is 0. The Balaban J connectivity index is 2.29. The first-order chi connectivity index (χ1) is 5.88. The van der Waals surface area contributed by atoms with Crippen molar-refractivity contribution in [2.45, 2.75) is 6.04 Å². The first-order valence-electron chi connectivity index (χ1n) is 3.60. The quantitative estimate of drug-likeness (QED) is 0.748. The maximum atomic E-state index is 3.50. The van der Waals surface area contributed by atoms with E-state index in [9.17, 15) is 0 Å². The van der Waals surface area contributed by atoms with Crippen LogP contribution in [0, 0.1) is 0 Å². The van der Waals surface area contributed by atoms with Crippen molar-refractivity contribution in [1.29, 1.82) is 0 Å². The van der Waals surface area contributed by atoms with Crippen LogP contribution in [0.4, 0.5) is 0 Å². The molecule has 0 aromatic carbocycles. The van der Waals surface area contributed by atoms with Crippen LogP contribution in [-0.2, 0) is 0 Å². The number of halogens is 1. The largest absolute Gasteiger partial charge is 0.268 e. The van der Waals surface area contributed by atoms with Gasteiger partial charge >= 0.3 is 0 Å². The molecular weight excluding hydrogens is 236 g/mol. The summed E-state index contributed by atoms with van der Waals surface area (Å²) in [6, 6.07) is 4.46. The Hall–Kier alpha value is -0.610. The molecule has 0 spiro atoms. The van der Waals surface area contributed by atoms with Crippen molar-refractivity contribution < 1.29 is 4.99 Å². The van der Waals surface area contributed by atoms with Crippen LogP contribution in [0.2, 0.25) is 0 Å². The second-order valence-electron chi connectivity index (χ2n) is 2.46. The maximum Gasteiger partial charge on any atom is 0.235 e. The lowest BCUT2D eigenvalue weighted by molar-refractivity contribution is -0.493. The lowest BCUT2D eigenvalue weighted by atomic mass is 10.2. The standard InChI is InChI=1S/C8H7BrN2S/c9-6-4-10-5-11-8(6)7-2-1-3-12-7/h1-5,8H,(H,10,11)/p+1. The van der Waals surface area contributed by atoms with Crippen LogP contribution in [0.5, 0.6) is 0 Å². The lowest BCUT2D eigenvalue weighted by Gasteiger charge is -2.08. The van der Waals surface area contributed by atoms with Gasteiger partial charge in [0, 0.05) is 0 Å². The maximum absolute atomic E-state index is 3.50. The van der Waals surface area contributed by atoms with Crippen molar-refractivity contribution in [2.75, 3.05) is 0 Å². The Labute approximate surface area is 83.1 Å². The molecule has 1 unspecified atom stereocenters. The van der Waals surface area contributed by atoms with E-state index < -0.39 is 0 Å². The van der Waals surface area contributed by atoms with Crippen molar-refractivity contribution >= 4 is 33.6 Å². The predicted molar refractivity (Wildman–Crippen MR) is 54.2 cm³/mol. The Morgan fingerprint density at radius 2 is 2.50 bits per heavy atom. The van der Waals surface area contributed by atoms with E-state index >= 15 is 0 Å². The molecule has 2 rings (SSSR count). The Kier molecular flexibility index (Phi) is 2.28. The molecule has 4 heteroatoms. The number of hydrogen-bond donors (Lipinski definition) is 2. The summed E-state index contributed by atoms with van der Waals surface area (Å²) in [4.78, 5) is 4.55. The summed E-state index contributed by atoms with van der Waals surface area (Å²) in [6.07, 6.45) is 3.79. The van der Waals surface area contributed by atoms with Crippen LogP contribution >= 0.6 is 27.3 Å². The summed E-state index contributed by atoms with van der Waals surface area (Å²) >= 11 is 5.25. The third kappa shape index (κ3) is 1.44. The van der Waals surface area contributed by atoms with E-state index in [1.54, 1.807) is 11.3 Å². The normalized spacial score (nSPS) is 21.8. The van der Waals surface area contributed by atoms with E-state index in [2.05, 4.69) is 43.8 Å². The summed E-state index contributed by atoms with van der Waals surface area (Å²) in [5.74, 6) is 0. The van der Waals surface area contributed by atoms with Crippen LogP contribution in [0.25, 0.3) is 0 Å². The van der Waals surface area contributed by atoms with Gasteiger partial charge in [-0.05, 0) is 27.4 Å². The molecule has 0 aliphatic carbocycles. The number of thiophene rings is 1. The molecule has 1 aliphatic heterocycles. The minimum Gasteiger partial charge on any atom is -0.268 e. The van der Waals surface area contributed by atoms with E-state index in [1.807, 2.05) is 12.5 Å². The average Bonchev–Trinajstić information content (AvgIpc) is 2.57. The molecule has 1 aromatic heterocycles. The minimum absolute atomic E-state index is 0.284. The van der Waals surface area contributed by atoms with Gasteiger partial charge in [-0.1, -0.05) is 6.07 Å². The highest BCUT2D eigenvalue weighted by atomic mass is 79.9. The fraction of sp³-hybridized carbons (Fsp3) is 0.125. The third-order valence-electron chi connectivity index (χ3n) is 1.66. The van der Waals surface area contributed by atoms with Crippen molar-refractivity contribution in [2.24, 2.45) is 0 Å². The first-order valence-corrected chi connectivity index (χ1v) is 5.28. The molecule has 1 aromatic rings. The topological polar surface area (TPSA) is 26.0 Å². The summed E-state index contributed by atoms with van der Waals surface area (Å²) in [7, 11) is 0. The zero-order chi connectivity index (χ0) is 8.39. The van der Waals surface area contributed by atoms with Gasteiger partial charge in [-0.3, -0.25) is 10.3 Å². The first kappa shape index (κ1) is 8.01. The van der Waals surface area contributed by atoms with E-state index in [1.165, 1.54) is 4.88 Å². The molecule has 0 saturated carbocycles. The highest BCUT2D eigenvalue weighted by Gasteiger charge is 2.19. The second kappa shape index (κ2) is 3.41. The summed E-state index contributed by atoms with van der Waals surface area (Å²) in [5, 5.41) is 5.07. The van der Waals surface area contributed by atoms with Gasteiger partial charge in [0.1, 0.15) is 6.20 Å². The Morgan fingerprint density at radius 1 is 1.58 bits per heavy atom. The lowest BCUT2D eigenvalue weighted by Crippen LogP contribution is -2.74. The van der Waals surface area contributed by atoms with Crippen molar-refractivity contribution in [3.63, 3.8) is 0 Å². The molecule has 0 saturated heterocycles. The fourth-order valence-electron chi connectivity index (χ4n) is 1.09. The number of rotatable bonds is 1.